The number of ether oxygens (including phenoxy) is 2. The minimum absolute atomic E-state index is 0. The van der Waals surface area contributed by atoms with E-state index in [4.69, 9.17) is 9.47 Å². The number of hydrogen-bond acceptors (Lipinski definition) is 4. The van der Waals surface area contributed by atoms with Crippen molar-refractivity contribution in [1.82, 2.24) is 10.6 Å². The van der Waals surface area contributed by atoms with Crippen LogP contribution in [0.3, 0.4) is 0 Å². The average Bonchev–Trinajstić information content (AvgIpc) is 3.22. The van der Waals surface area contributed by atoms with E-state index in [9.17, 15) is 4.79 Å². The maximum Gasteiger partial charge on any atom is 0.227 e. The van der Waals surface area contributed by atoms with Gasteiger partial charge in [-0.2, -0.15) is 0 Å². The van der Waals surface area contributed by atoms with Crippen molar-refractivity contribution in [1.29, 1.82) is 0 Å². The smallest absolute Gasteiger partial charge is 0.227 e. The Morgan fingerprint density at radius 3 is 2.74 bits per heavy atom. The van der Waals surface area contributed by atoms with Gasteiger partial charge in [0.15, 0.2) is 17.5 Å². The van der Waals surface area contributed by atoms with E-state index in [1.54, 1.807) is 7.05 Å². The SMILES string of the molecule is CN=C(NCCCC(=O)N1CCc2ccccc21)NCC1COc2ccccc2O1.I. The van der Waals surface area contributed by atoms with Gasteiger partial charge in [0.1, 0.15) is 12.7 Å². The van der Waals surface area contributed by atoms with Crippen molar-refractivity contribution in [3.05, 3.63) is 54.1 Å². The Balaban J connectivity index is 0.00000272. The summed E-state index contributed by atoms with van der Waals surface area (Å²) in [6.45, 7) is 2.53. The van der Waals surface area contributed by atoms with Crippen LogP contribution in [0.1, 0.15) is 18.4 Å². The molecular formula is C23H29IN4O3. The topological polar surface area (TPSA) is 75.2 Å². The van der Waals surface area contributed by atoms with Crippen molar-refractivity contribution < 1.29 is 14.3 Å². The second kappa shape index (κ2) is 11.2. The Kier molecular flexibility index (Phi) is 8.39. The predicted octanol–water partition coefficient (Wildman–Crippen LogP) is 2.98. The van der Waals surface area contributed by atoms with E-state index in [-0.39, 0.29) is 36.0 Å². The molecule has 8 heteroatoms. The second-order valence-corrected chi connectivity index (χ2v) is 7.41. The fraction of sp³-hybridized carbons (Fsp3) is 0.391. The molecule has 0 radical (unpaired) electrons. The van der Waals surface area contributed by atoms with Gasteiger partial charge in [-0.05, 0) is 36.6 Å². The van der Waals surface area contributed by atoms with Crippen LogP contribution in [0.4, 0.5) is 5.69 Å². The zero-order chi connectivity index (χ0) is 20.8. The molecular weight excluding hydrogens is 507 g/mol. The molecule has 1 amide bonds. The van der Waals surface area contributed by atoms with Crippen molar-refractivity contribution in [3.8, 4) is 11.5 Å². The Morgan fingerprint density at radius 2 is 1.90 bits per heavy atom. The second-order valence-electron chi connectivity index (χ2n) is 7.41. The molecule has 2 heterocycles. The van der Waals surface area contributed by atoms with E-state index in [0.717, 1.165) is 36.6 Å². The summed E-state index contributed by atoms with van der Waals surface area (Å²) in [5.74, 6) is 2.41. The zero-order valence-corrected chi connectivity index (χ0v) is 20.0. The number of anilines is 1. The highest BCUT2D eigenvalue weighted by Crippen LogP contribution is 2.30. The number of fused-ring (bicyclic) bond motifs is 2. The van der Waals surface area contributed by atoms with E-state index < -0.39 is 0 Å². The Hall–Kier alpha value is -2.49. The molecule has 0 aromatic heterocycles. The van der Waals surface area contributed by atoms with Gasteiger partial charge in [-0.3, -0.25) is 9.79 Å². The van der Waals surface area contributed by atoms with E-state index in [1.807, 2.05) is 47.4 Å². The molecule has 0 aliphatic carbocycles. The molecule has 0 saturated carbocycles. The highest BCUT2D eigenvalue weighted by molar-refractivity contribution is 14.0. The minimum atomic E-state index is -0.0877. The molecule has 2 aromatic rings. The van der Waals surface area contributed by atoms with Gasteiger partial charge < -0.3 is 25.0 Å². The quantitative estimate of drug-likeness (QED) is 0.257. The summed E-state index contributed by atoms with van der Waals surface area (Å²) in [5, 5.41) is 6.53. The summed E-state index contributed by atoms with van der Waals surface area (Å²) < 4.78 is 11.7. The van der Waals surface area contributed by atoms with Crippen LogP contribution in [0.2, 0.25) is 0 Å². The summed E-state index contributed by atoms with van der Waals surface area (Å²) in [5.41, 5.74) is 2.31. The monoisotopic (exact) mass is 536 g/mol. The van der Waals surface area contributed by atoms with Crippen LogP contribution in [0.25, 0.3) is 0 Å². The number of para-hydroxylation sites is 3. The van der Waals surface area contributed by atoms with Crippen LogP contribution in [-0.2, 0) is 11.2 Å². The fourth-order valence-corrected chi connectivity index (χ4v) is 3.77. The molecule has 0 fully saturated rings. The molecule has 2 aromatic carbocycles. The summed E-state index contributed by atoms with van der Waals surface area (Å²) >= 11 is 0. The van der Waals surface area contributed by atoms with E-state index in [0.29, 0.717) is 32.1 Å². The van der Waals surface area contributed by atoms with Gasteiger partial charge in [0.25, 0.3) is 0 Å². The molecule has 2 N–H and O–H groups in total. The lowest BCUT2D eigenvalue weighted by molar-refractivity contribution is -0.118. The van der Waals surface area contributed by atoms with Gasteiger partial charge in [-0.15, -0.1) is 24.0 Å². The molecule has 1 atom stereocenters. The summed E-state index contributed by atoms with van der Waals surface area (Å²) in [7, 11) is 1.73. The number of guanidine groups is 1. The summed E-state index contributed by atoms with van der Waals surface area (Å²) in [4.78, 5) is 18.7. The number of nitrogens with one attached hydrogen (secondary N) is 2. The molecule has 4 rings (SSSR count). The van der Waals surface area contributed by atoms with Crippen LogP contribution in [-0.4, -0.2) is 51.3 Å². The molecule has 0 spiro atoms. The van der Waals surface area contributed by atoms with Gasteiger partial charge in [-0.1, -0.05) is 30.3 Å². The highest BCUT2D eigenvalue weighted by atomic mass is 127. The largest absolute Gasteiger partial charge is 0.486 e. The van der Waals surface area contributed by atoms with E-state index >= 15 is 0 Å². The van der Waals surface area contributed by atoms with Crippen LogP contribution in [0.5, 0.6) is 11.5 Å². The third-order valence-electron chi connectivity index (χ3n) is 5.34. The molecule has 0 bridgehead atoms. The van der Waals surface area contributed by atoms with Crippen LogP contribution in [0, 0.1) is 0 Å². The van der Waals surface area contributed by atoms with E-state index in [2.05, 4.69) is 21.7 Å². The van der Waals surface area contributed by atoms with E-state index in [1.165, 1.54) is 5.56 Å². The number of amides is 1. The lowest BCUT2D eigenvalue weighted by Crippen LogP contribution is -2.45. The summed E-state index contributed by atoms with van der Waals surface area (Å²) in [6, 6.07) is 15.8. The lowest BCUT2D eigenvalue weighted by Gasteiger charge is -2.27. The van der Waals surface area contributed by atoms with Gasteiger partial charge >= 0.3 is 0 Å². The van der Waals surface area contributed by atoms with Crippen molar-refractivity contribution in [2.24, 2.45) is 4.99 Å². The predicted molar refractivity (Wildman–Crippen MR) is 133 cm³/mol. The first kappa shape index (κ1) is 23.2. The molecule has 2 aliphatic heterocycles. The number of halogens is 1. The van der Waals surface area contributed by atoms with Gasteiger partial charge in [0.05, 0.1) is 6.54 Å². The third kappa shape index (κ3) is 5.81. The molecule has 2 aliphatic rings. The number of aliphatic imine (C=N–C) groups is 1. The molecule has 31 heavy (non-hydrogen) atoms. The number of rotatable bonds is 6. The molecule has 7 nitrogen and oxygen atoms in total. The number of carbonyl (C=O) groups excluding carboxylic acids is 1. The third-order valence-corrected chi connectivity index (χ3v) is 5.34. The van der Waals surface area contributed by atoms with Crippen LogP contribution >= 0.6 is 24.0 Å². The maximum absolute atomic E-state index is 12.6. The first-order valence-corrected chi connectivity index (χ1v) is 10.5. The average molecular weight is 536 g/mol. The van der Waals surface area contributed by atoms with Gasteiger partial charge in [0.2, 0.25) is 5.91 Å². The number of carbonyl (C=O) groups is 1. The molecule has 166 valence electrons. The first-order valence-electron chi connectivity index (χ1n) is 10.5. The van der Waals surface area contributed by atoms with Crippen molar-refractivity contribution in [2.75, 3.05) is 38.2 Å². The van der Waals surface area contributed by atoms with Crippen molar-refractivity contribution in [3.63, 3.8) is 0 Å². The normalized spacial score (nSPS) is 16.9. The number of nitrogens with zero attached hydrogens (tertiary/aromatic N) is 2. The Labute approximate surface area is 200 Å². The number of benzene rings is 2. The molecule has 0 saturated heterocycles. The maximum atomic E-state index is 12.6. The summed E-state index contributed by atoms with van der Waals surface area (Å²) in [6.07, 6.45) is 2.10. The fourth-order valence-electron chi connectivity index (χ4n) is 3.77. The number of hydrogen-bond donors (Lipinski definition) is 2. The standard InChI is InChI=1S/C23H28N4O3.HI/c1-24-23(26-15-18-16-29-20-9-4-5-10-21(20)30-18)25-13-6-11-22(28)27-14-12-17-7-2-3-8-19(17)27;/h2-5,7-10,18H,6,11-16H2,1H3,(H2,24,25,26);1H. The van der Waals surface area contributed by atoms with Crippen LogP contribution in [0.15, 0.2) is 53.5 Å². The van der Waals surface area contributed by atoms with Gasteiger partial charge in [-0.25, -0.2) is 0 Å². The highest BCUT2D eigenvalue weighted by Gasteiger charge is 2.23. The van der Waals surface area contributed by atoms with Crippen LogP contribution < -0.4 is 25.0 Å². The first-order chi connectivity index (χ1) is 14.7. The minimum Gasteiger partial charge on any atom is -0.486 e. The van der Waals surface area contributed by atoms with Crippen molar-refractivity contribution >= 4 is 41.5 Å². The Bertz CT molecular complexity index is 921. The Morgan fingerprint density at radius 1 is 1.13 bits per heavy atom. The van der Waals surface area contributed by atoms with Crippen molar-refractivity contribution in [2.45, 2.75) is 25.4 Å². The molecule has 1 unspecified atom stereocenters. The zero-order valence-electron chi connectivity index (χ0n) is 17.7. The lowest BCUT2D eigenvalue weighted by atomic mass is 10.2. The van der Waals surface area contributed by atoms with Gasteiger partial charge in [0, 0.05) is 32.2 Å².